The van der Waals surface area contributed by atoms with E-state index in [9.17, 15) is 0 Å². The smallest absolute Gasteiger partial charge is 0.0116 e. The van der Waals surface area contributed by atoms with Gasteiger partial charge in [-0.1, -0.05) is 27.7 Å². The second-order valence-electron chi connectivity index (χ2n) is 7.03. The van der Waals surface area contributed by atoms with Crippen molar-refractivity contribution in [2.24, 2.45) is 5.92 Å². The molecule has 0 radical (unpaired) electrons. The van der Waals surface area contributed by atoms with Crippen LogP contribution in [-0.4, -0.2) is 47.6 Å². The second kappa shape index (κ2) is 8.53. The van der Waals surface area contributed by atoms with Gasteiger partial charge in [0.15, 0.2) is 0 Å². The molecule has 2 nitrogen and oxygen atoms in total. The largest absolute Gasteiger partial charge is 0.313 e. The average molecular weight is 287 g/mol. The van der Waals surface area contributed by atoms with Gasteiger partial charge in [-0.25, -0.2) is 0 Å². The van der Waals surface area contributed by atoms with Crippen LogP contribution in [0.3, 0.4) is 0 Å². The number of thioether (sulfide) groups is 1. The van der Waals surface area contributed by atoms with Gasteiger partial charge in [0, 0.05) is 36.2 Å². The van der Waals surface area contributed by atoms with Crippen LogP contribution < -0.4 is 5.32 Å². The van der Waals surface area contributed by atoms with Crippen LogP contribution >= 0.6 is 11.8 Å². The molecule has 0 bridgehead atoms. The molecule has 1 saturated heterocycles. The third-order valence-corrected chi connectivity index (χ3v) is 5.40. The molecule has 1 aliphatic rings. The number of hydrogen-bond acceptors (Lipinski definition) is 3. The van der Waals surface area contributed by atoms with Crippen molar-refractivity contribution in [1.82, 2.24) is 10.2 Å². The molecule has 114 valence electrons. The van der Waals surface area contributed by atoms with Crippen molar-refractivity contribution in [1.29, 1.82) is 0 Å². The first-order valence-electron chi connectivity index (χ1n) is 7.99. The van der Waals surface area contributed by atoms with Gasteiger partial charge in [-0.15, -0.1) is 0 Å². The van der Waals surface area contributed by atoms with Crippen LogP contribution in [-0.2, 0) is 0 Å². The second-order valence-corrected chi connectivity index (χ2v) is 8.83. The molecule has 1 fully saturated rings. The van der Waals surface area contributed by atoms with Crippen molar-refractivity contribution in [3.63, 3.8) is 0 Å². The summed E-state index contributed by atoms with van der Waals surface area (Å²) in [7, 11) is 0. The van der Waals surface area contributed by atoms with E-state index < -0.39 is 0 Å². The summed E-state index contributed by atoms with van der Waals surface area (Å²) in [6, 6.07) is 0.667. The third-order valence-electron chi connectivity index (χ3n) is 4.03. The summed E-state index contributed by atoms with van der Waals surface area (Å²) in [6.07, 6.45) is 3.96. The summed E-state index contributed by atoms with van der Waals surface area (Å²) in [5.74, 6) is 2.12. The summed E-state index contributed by atoms with van der Waals surface area (Å²) in [5, 5.41) is 3.68. The number of hydrogen-bond donors (Lipinski definition) is 1. The number of nitrogens with one attached hydrogen (secondary N) is 1. The fraction of sp³-hybridized carbons (Fsp3) is 1.00. The highest BCUT2D eigenvalue weighted by atomic mass is 32.2. The Bertz CT molecular complexity index is 241. The molecule has 19 heavy (non-hydrogen) atoms. The van der Waals surface area contributed by atoms with Gasteiger partial charge in [-0.2, -0.15) is 11.8 Å². The van der Waals surface area contributed by atoms with Crippen LogP contribution in [0.5, 0.6) is 0 Å². The zero-order valence-electron chi connectivity index (χ0n) is 13.7. The summed E-state index contributed by atoms with van der Waals surface area (Å²) >= 11 is 2.13. The van der Waals surface area contributed by atoms with Crippen molar-refractivity contribution < 1.29 is 0 Å². The third kappa shape index (κ3) is 8.21. The van der Waals surface area contributed by atoms with Crippen LogP contribution in [0, 0.1) is 5.92 Å². The molecule has 1 N–H and O–H groups in total. The quantitative estimate of drug-likeness (QED) is 0.769. The van der Waals surface area contributed by atoms with Crippen LogP contribution in [0.1, 0.15) is 53.9 Å². The molecule has 3 heteroatoms. The fourth-order valence-electron chi connectivity index (χ4n) is 2.44. The van der Waals surface area contributed by atoms with Gasteiger partial charge in [-0.3, -0.25) is 0 Å². The van der Waals surface area contributed by atoms with Crippen LogP contribution in [0.2, 0.25) is 0 Å². The predicted octanol–water partition coefficient (Wildman–Crippen LogP) is 3.62. The van der Waals surface area contributed by atoms with Crippen molar-refractivity contribution >= 4 is 11.8 Å². The fourth-order valence-corrected chi connectivity index (χ4v) is 3.58. The molecule has 0 aromatic heterocycles. The monoisotopic (exact) mass is 286 g/mol. The highest BCUT2D eigenvalue weighted by Crippen LogP contribution is 2.30. The lowest BCUT2D eigenvalue weighted by Gasteiger charge is -2.23. The Hall–Kier alpha value is 0.270. The molecule has 1 unspecified atom stereocenters. The van der Waals surface area contributed by atoms with E-state index in [1.54, 1.807) is 0 Å². The highest BCUT2D eigenvalue weighted by molar-refractivity contribution is 8.00. The van der Waals surface area contributed by atoms with Gasteiger partial charge in [0.25, 0.3) is 0 Å². The SMILES string of the molecule is CC(C)CCC(C)NCCN1CCSC(C)(C)CC1. The molecular weight excluding hydrogens is 252 g/mol. The minimum absolute atomic E-state index is 0.479. The molecule has 1 heterocycles. The molecule has 0 aromatic rings. The Kier molecular flexibility index (Phi) is 7.78. The Morgan fingerprint density at radius 1 is 1.16 bits per heavy atom. The molecular formula is C16H34N2S. The van der Waals surface area contributed by atoms with Crippen LogP contribution in [0.15, 0.2) is 0 Å². The van der Waals surface area contributed by atoms with E-state index in [1.807, 2.05) is 0 Å². The first kappa shape index (κ1) is 17.3. The number of nitrogens with zero attached hydrogens (tertiary/aromatic N) is 1. The Labute approximate surface area is 125 Å². The van der Waals surface area contributed by atoms with Crippen molar-refractivity contribution in [2.45, 2.75) is 64.7 Å². The van der Waals surface area contributed by atoms with E-state index in [0.29, 0.717) is 10.8 Å². The lowest BCUT2D eigenvalue weighted by Crippen LogP contribution is -2.37. The van der Waals surface area contributed by atoms with E-state index in [2.05, 4.69) is 56.6 Å². The van der Waals surface area contributed by atoms with Crippen molar-refractivity contribution in [3.05, 3.63) is 0 Å². The summed E-state index contributed by atoms with van der Waals surface area (Å²) in [4.78, 5) is 2.63. The predicted molar refractivity (Wildman–Crippen MR) is 89.1 cm³/mol. The normalized spacial score (nSPS) is 22.4. The van der Waals surface area contributed by atoms with Crippen molar-refractivity contribution in [2.75, 3.05) is 31.9 Å². The first-order chi connectivity index (χ1) is 8.89. The van der Waals surface area contributed by atoms with E-state index in [1.165, 1.54) is 44.6 Å². The number of rotatable bonds is 7. The maximum absolute atomic E-state index is 3.68. The molecule has 1 aliphatic heterocycles. The summed E-state index contributed by atoms with van der Waals surface area (Å²) in [6.45, 7) is 16.6. The standard InChI is InChI=1S/C16H34N2S/c1-14(2)6-7-15(3)17-9-11-18-10-8-16(4,5)19-13-12-18/h14-15,17H,6-13H2,1-5H3. The Morgan fingerprint density at radius 3 is 2.58 bits per heavy atom. The first-order valence-corrected chi connectivity index (χ1v) is 8.97. The van der Waals surface area contributed by atoms with Gasteiger partial charge in [0.1, 0.15) is 0 Å². The van der Waals surface area contributed by atoms with Crippen LogP contribution in [0.25, 0.3) is 0 Å². The van der Waals surface area contributed by atoms with E-state index in [-0.39, 0.29) is 0 Å². The topological polar surface area (TPSA) is 15.3 Å². The van der Waals surface area contributed by atoms with Gasteiger partial charge in [-0.05, 0) is 38.6 Å². The van der Waals surface area contributed by atoms with Gasteiger partial charge >= 0.3 is 0 Å². The molecule has 0 aliphatic carbocycles. The molecule has 0 spiro atoms. The van der Waals surface area contributed by atoms with Crippen LogP contribution in [0.4, 0.5) is 0 Å². The van der Waals surface area contributed by atoms with Gasteiger partial charge in [0.05, 0.1) is 0 Å². The van der Waals surface area contributed by atoms with E-state index in [0.717, 1.165) is 12.5 Å². The van der Waals surface area contributed by atoms with E-state index in [4.69, 9.17) is 0 Å². The van der Waals surface area contributed by atoms with E-state index >= 15 is 0 Å². The zero-order valence-corrected chi connectivity index (χ0v) is 14.5. The summed E-state index contributed by atoms with van der Waals surface area (Å²) < 4.78 is 0.479. The Morgan fingerprint density at radius 2 is 1.89 bits per heavy atom. The molecule has 0 aromatic carbocycles. The summed E-state index contributed by atoms with van der Waals surface area (Å²) in [5.41, 5.74) is 0. The molecule has 1 atom stereocenters. The average Bonchev–Trinajstić information content (AvgIpc) is 2.48. The lowest BCUT2D eigenvalue weighted by molar-refractivity contribution is 0.277. The molecule has 0 saturated carbocycles. The molecule has 0 amide bonds. The van der Waals surface area contributed by atoms with Gasteiger partial charge < -0.3 is 10.2 Å². The molecule has 1 rings (SSSR count). The maximum atomic E-state index is 3.68. The minimum atomic E-state index is 0.479. The highest BCUT2D eigenvalue weighted by Gasteiger charge is 2.23. The minimum Gasteiger partial charge on any atom is -0.313 e. The van der Waals surface area contributed by atoms with Gasteiger partial charge in [0.2, 0.25) is 0 Å². The zero-order chi connectivity index (χ0) is 14.3. The lowest BCUT2D eigenvalue weighted by atomic mass is 10.0. The maximum Gasteiger partial charge on any atom is 0.0116 e. The Balaban J connectivity index is 2.12. The van der Waals surface area contributed by atoms with Crippen molar-refractivity contribution in [3.8, 4) is 0 Å².